The lowest BCUT2D eigenvalue weighted by Gasteiger charge is -2.38. The van der Waals surface area contributed by atoms with Crippen LogP contribution in [0, 0.1) is 15.5 Å². The summed E-state index contributed by atoms with van der Waals surface area (Å²) in [5, 5.41) is 14.1. The second kappa shape index (κ2) is 5.52. The van der Waals surface area contributed by atoms with Gasteiger partial charge in [-0.3, -0.25) is 10.1 Å². The third-order valence-electron chi connectivity index (χ3n) is 3.86. The van der Waals surface area contributed by atoms with E-state index in [-0.39, 0.29) is 11.1 Å². The van der Waals surface area contributed by atoms with Crippen molar-refractivity contribution >= 4 is 11.5 Å². The number of piperidine rings is 1. The summed E-state index contributed by atoms with van der Waals surface area (Å²) in [4.78, 5) is 16.9. The fourth-order valence-electron chi connectivity index (χ4n) is 2.31. The summed E-state index contributed by atoms with van der Waals surface area (Å²) < 4.78 is 0. The Bertz CT molecular complexity index is 456. The second-order valence-electron chi connectivity index (χ2n) is 5.60. The van der Waals surface area contributed by atoms with Gasteiger partial charge in [0.1, 0.15) is 0 Å². The highest BCUT2D eigenvalue weighted by atomic mass is 16.6. The SMILES string of the molecule is CN1CCC(C)(CNc2ncccc2[N+](=O)[O-])CC1. The third kappa shape index (κ3) is 3.41. The Kier molecular flexibility index (Phi) is 3.99. The van der Waals surface area contributed by atoms with Crippen molar-refractivity contribution in [1.29, 1.82) is 0 Å². The smallest absolute Gasteiger partial charge is 0.311 e. The maximum Gasteiger partial charge on any atom is 0.311 e. The number of pyridine rings is 1. The molecule has 0 aliphatic carbocycles. The molecular formula is C13H20N4O2. The first-order chi connectivity index (χ1) is 9.00. The number of rotatable bonds is 4. The van der Waals surface area contributed by atoms with Gasteiger partial charge < -0.3 is 10.2 Å². The molecular weight excluding hydrogens is 244 g/mol. The number of likely N-dealkylation sites (tertiary alicyclic amines) is 1. The maximum absolute atomic E-state index is 10.9. The Morgan fingerprint density at radius 1 is 1.53 bits per heavy atom. The number of nitrogens with zero attached hydrogens (tertiary/aromatic N) is 3. The first-order valence-corrected chi connectivity index (χ1v) is 6.52. The minimum atomic E-state index is -0.397. The fourth-order valence-corrected chi connectivity index (χ4v) is 2.31. The summed E-state index contributed by atoms with van der Waals surface area (Å²) in [5.74, 6) is 0.368. The number of aromatic nitrogens is 1. The van der Waals surface area contributed by atoms with Gasteiger partial charge in [0.15, 0.2) is 0 Å². The van der Waals surface area contributed by atoms with Crippen LogP contribution in [0.3, 0.4) is 0 Å². The van der Waals surface area contributed by atoms with Crippen LogP contribution in [0.1, 0.15) is 19.8 Å². The van der Waals surface area contributed by atoms with E-state index in [1.165, 1.54) is 6.07 Å². The first-order valence-electron chi connectivity index (χ1n) is 6.52. The molecule has 1 aromatic heterocycles. The van der Waals surface area contributed by atoms with Gasteiger partial charge in [-0.2, -0.15) is 0 Å². The predicted octanol–water partition coefficient (Wildman–Crippen LogP) is 2.13. The topological polar surface area (TPSA) is 71.3 Å². The van der Waals surface area contributed by atoms with Crippen molar-refractivity contribution in [2.45, 2.75) is 19.8 Å². The lowest BCUT2D eigenvalue weighted by Crippen LogP contribution is -2.40. The highest BCUT2D eigenvalue weighted by Crippen LogP contribution is 2.31. The quantitative estimate of drug-likeness (QED) is 0.666. The Morgan fingerprint density at radius 2 is 2.21 bits per heavy atom. The minimum Gasteiger partial charge on any atom is -0.364 e. The van der Waals surface area contributed by atoms with Crippen molar-refractivity contribution in [3.05, 3.63) is 28.4 Å². The van der Waals surface area contributed by atoms with Crippen molar-refractivity contribution in [2.24, 2.45) is 5.41 Å². The Labute approximate surface area is 113 Å². The number of hydrogen-bond donors (Lipinski definition) is 1. The summed E-state index contributed by atoms with van der Waals surface area (Å²) in [7, 11) is 2.12. The summed E-state index contributed by atoms with van der Waals surface area (Å²) in [6, 6.07) is 3.06. The Morgan fingerprint density at radius 3 is 2.84 bits per heavy atom. The lowest BCUT2D eigenvalue weighted by molar-refractivity contribution is -0.384. The molecule has 0 aromatic carbocycles. The van der Waals surface area contributed by atoms with Crippen LogP contribution in [0.15, 0.2) is 18.3 Å². The van der Waals surface area contributed by atoms with Gasteiger partial charge in [0.25, 0.3) is 0 Å². The van der Waals surface area contributed by atoms with Crippen molar-refractivity contribution in [3.63, 3.8) is 0 Å². The Hall–Kier alpha value is -1.69. The van der Waals surface area contributed by atoms with Crippen LogP contribution < -0.4 is 5.32 Å². The number of anilines is 1. The van der Waals surface area contributed by atoms with Crippen LogP contribution >= 0.6 is 0 Å². The molecule has 1 N–H and O–H groups in total. The lowest BCUT2D eigenvalue weighted by atomic mass is 9.80. The normalized spacial score (nSPS) is 19.1. The molecule has 0 radical (unpaired) electrons. The van der Waals surface area contributed by atoms with E-state index >= 15 is 0 Å². The largest absolute Gasteiger partial charge is 0.364 e. The van der Waals surface area contributed by atoms with Gasteiger partial charge in [-0.25, -0.2) is 4.98 Å². The van der Waals surface area contributed by atoms with Gasteiger partial charge >= 0.3 is 5.69 Å². The summed E-state index contributed by atoms with van der Waals surface area (Å²) in [6.45, 7) is 5.09. The molecule has 1 aromatic rings. The van der Waals surface area contributed by atoms with Gasteiger partial charge in [0, 0.05) is 18.8 Å². The standard InChI is InChI=1S/C13H20N4O2/c1-13(5-8-16(2)9-6-13)10-15-12-11(17(18)19)4-3-7-14-12/h3-4,7H,5-6,8-10H2,1-2H3,(H,14,15). The van der Waals surface area contributed by atoms with E-state index in [1.54, 1.807) is 12.3 Å². The van der Waals surface area contributed by atoms with E-state index in [9.17, 15) is 10.1 Å². The van der Waals surface area contributed by atoms with Crippen molar-refractivity contribution < 1.29 is 4.92 Å². The Balaban J connectivity index is 2.01. The zero-order valence-electron chi connectivity index (χ0n) is 11.4. The summed E-state index contributed by atoms with van der Waals surface area (Å²) in [6.07, 6.45) is 3.76. The van der Waals surface area contributed by atoms with Crippen molar-refractivity contribution in [1.82, 2.24) is 9.88 Å². The second-order valence-corrected chi connectivity index (χ2v) is 5.60. The van der Waals surface area contributed by atoms with E-state index in [4.69, 9.17) is 0 Å². The molecule has 1 aliphatic heterocycles. The van der Waals surface area contributed by atoms with Crippen LogP contribution in [0.5, 0.6) is 0 Å². The fraction of sp³-hybridized carbons (Fsp3) is 0.615. The molecule has 19 heavy (non-hydrogen) atoms. The molecule has 0 spiro atoms. The van der Waals surface area contributed by atoms with Crippen LogP contribution in [0.2, 0.25) is 0 Å². The summed E-state index contributed by atoms with van der Waals surface area (Å²) >= 11 is 0. The minimum absolute atomic E-state index is 0.0408. The monoisotopic (exact) mass is 264 g/mol. The average Bonchev–Trinajstić information content (AvgIpc) is 2.41. The average molecular weight is 264 g/mol. The molecule has 6 heteroatoms. The van der Waals surface area contributed by atoms with Gasteiger partial charge in [0.2, 0.25) is 5.82 Å². The van der Waals surface area contributed by atoms with Crippen LogP contribution in [-0.2, 0) is 0 Å². The van der Waals surface area contributed by atoms with Crippen molar-refractivity contribution in [3.8, 4) is 0 Å². The molecule has 0 bridgehead atoms. The van der Waals surface area contributed by atoms with Crippen molar-refractivity contribution in [2.75, 3.05) is 32.0 Å². The van der Waals surface area contributed by atoms with E-state index in [0.29, 0.717) is 5.82 Å². The maximum atomic E-state index is 10.9. The predicted molar refractivity (Wildman–Crippen MR) is 74.2 cm³/mol. The highest BCUT2D eigenvalue weighted by Gasteiger charge is 2.29. The van der Waals surface area contributed by atoms with E-state index in [0.717, 1.165) is 32.5 Å². The van der Waals surface area contributed by atoms with E-state index in [1.807, 2.05) is 0 Å². The molecule has 0 atom stereocenters. The summed E-state index contributed by atoms with van der Waals surface area (Å²) in [5.41, 5.74) is 0.219. The van der Waals surface area contributed by atoms with Gasteiger partial charge in [-0.05, 0) is 44.5 Å². The third-order valence-corrected chi connectivity index (χ3v) is 3.86. The molecule has 1 saturated heterocycles. The van der Waals surface area contributed by atoms with Crippen LogP contribution in [-0.4, -0.2) is 41.5 Å². The van der Waals surface area contributed by atoms with Gasteiger partial charge in [0.05, 0.1) is 4.92 Å². The molecule has 104 valence electrons. The zero-order valence-corrected chi connectivity index (χ0v) is 11.4. The first kappa shape index (κ1) is 13.7. The molecule has 2 heterocycles. The van der Waals surface area contributed by atoms with Gasteiger partial charge in [-0.1, -0.05) is 6.92 Å². The molecule has 6 nitrogen and oxygen atoms in total. The number of nitrogens with one attached hydrogen (secondary N) is 1. The van der Waals surface area contributed by atoms with Gasteiger partial charge in [-0.15, -0.1) is 0 Å². The molecule has 0 amide bonds. The molecule has 0 unspecified atom stereocenters. The molecule has 2 rings (SSSR count). The molecule has 1 aliphatic rings. The van der Waals surface area contributed by atoms with E-state index in [2.05, 4.69) is 29.2 Å². The highest BCUT2D eigenvalue weighted by molar-refractivity contribution is 5.55. The zero-order chi connectivity index (χ0) is 13.9. The van der Waals surface area contributed by atoms with Crippen LogP contribution in [0.25, 0.3) is 0 Å². The molecule has 0 saturated carbocycles. The molecule has 1 fully saturated rings. The number of nitro groups is 1. The number of hydrogen-bond acceptors (Lipinski definition) is 5. The van der Waals surface area contributed by atoms with E-state index < -0.39 is 4.92 Å². The van der Waals surface area contributed by atoms with Crippen LogP contribution in [0.4, 0.5) is 11.5 Å².